The van der Waals surface area contributed by atoms with Crippen LogP contribution in [0.2, 0.25) is 0 Å². The summed E-state index contributed by atoms with van der Waals surface area (Å²) in [5, 5.41) is 15.3. The summed E-state index contributed by atoms with van der Waals surface area (Å²) in [5.41, 5.74) is 2.21. The Kier molecular flexibility index (Phi) is 6.40. The van der Waals surface area contributed by atoms with Gasteiger partial charge >= 0.3 is 0 Å². The van der Waals surface area contributed by atoms with Crippen molar-refractivity contribution in [2.45, 2.75) is 31.0 Å². The van der Waals surface area contributed by atoms with E-state index in [9.17, 15) is 5.11 Å². The van der Waals surface area contributed by atoms with Crippen molar-refractivity contribution in [1.29, 1.82) is 0 Å². The number of likely N-dealkylation sites (tertiary alicyclic amines) is 1. The summed E-state index contributed by atoms with van der Waals surface area (Å²) in [7, 11) is 0. The molecule has 3 aromatic rings. The van der Waals surface area contributed by atoms with Crippen LogP contribution in [0.4, 0.5) is 0 Å². The van der Waals surface area contributed by atoms with E-state index in [0.29, 0.717) is 12.6 Å². The number of hydrogen-bond acceptors (Lipinski definition) is 3. The first kappa shape index (κ1) is 19.8. The predicted octanol–water partition coefficient (Wildman–Crippen LogP) is 4.18. The van der Waals surface area contributed by atoms with Gasteiger partial charge in [0.15, 0.2) is 0 Å². The topological polar surface area (TPSA) is 35.5 Å². The summed E-state index contributed by atoms with van der Waals surface area (Å²) in [5.74, 6) is 0. The molecule has 0 atom stereocenters. The molecule has 1 fully saturated rings. The number of nitrogens with one attached hydrogen (secondary N) is 1. The predicted molar refractivity (Wildman–Crippen MR) is 119 cm³/mol. The van der Waals surface area contributed by atoms with E-state index >= 15 is 0 Å². The summed E-state index contributed by atoms with van der Waals surface area (Å²) in [6, 6.07) is 31.1. The van der Waals surface area contributed by atoms with Gasteiger partial charge in [-0.2, -0.15) is 0 Å². The van der Waals surface area contributed by atoms with Crippen molar-refractivity contribution in [3.8, 4) is 0 Å². The minimum absolute atomic E-state index is 0.431. The van der Waals surface area contributed by atoms with Gasteiger partial charge in [0.05, 0.1) is 0 Å². The molecule has 0 bridgehead atoms. The molecule has 0 unspecified atom stereocenters. The largest absolute Gasteiger partial charge is 0.379 e. The van der Waals surface area contributed by atoms with E-state index < -0.39 is 5.60 Å². The zero-order valence-corrected chi connectivity index (χ0v) is 16.9. The molecule has 0 aromatic heterocycles. The molecule has 1 saturated heterocycles. The zero-order chi connectivity index (χ0) is 19.9. The summed E-state index contributed by atoms with van der Waals surface area (Å²) < 4.78 is 0. The first-order valence-corrected chi connectivity index (χ1v) is 10.6. The fourth-order valence-corrected chi connectivity index (χ4v) is 4.23. The van der Waals surface area contributed by atoms with Crippen LogP contribution in [0, 0.1) is 0 Å². The lowest BCUT2D eigenvalue weighted by Gasteiger charge is -2.36. The molecule has 0 saturated carbocycles. The Morgan fingerprint density at radius 2 is 1.24 bits per heavy atom. The van der Waals surface area contributed by atoms with Crippen molar-refractivity contribution in [2.75, 3.05) is 19.6 Å². The van der Waals surface area contributed by atoms with E-state index in [-0.39, 0.29) is 0 Å². The molecular weight excluding hydrogens is 356 g/mol. The van der Waals surface area contributed by atoms with Crippen molar-refractivity contribution >= 4 is 0 Å². The van der Waals surface area contributed by atoms with Crippen LogP contribution >= 0.6 is 0 Å². The van der Waals surface area contributed by atoms with Gasteiger partial charge in [0, 0.05) is 19.1 Å². The van der Waals surface area contributed by atoms with E-state index in [0.717, 1.165) is 43.6 Å². The van der Waals surface area contributed by atoms with Crippen LogP contribution in [0.25, 0.3) is 0 Å². The molecule has 0 amide bonds. The number of nitrogens with zero attached hydrogens (tertiary/aromatic N) is 1. The second-order valence-electron chi connectivity index (χ2n) is 8.01. The lowest BCUT2D eigenvalue weighted by Crippen LogP contribution is -2.47. The average Bonchev–Trinajstić information content (AvgIpc) is 2.80. The Morgan fingerprint density at radius 3 is 1.76 bits per heavy atom. The third kappa shape index (κ3) is 4.94. The van der Waals surface area contributed by atoms with Crippen LogP contribution in [-0.2, 0) is 12.1 Å². The van der Waals surface area contributed by atoms with E-state index in [4.69, 9.17) is 0 Å². The molecule has 29 heavy (non-hydrogen) atoms. The maximum atomic E-state index is 11.7. The molecule has 150 valence electrons. The van der Waals surface area contributed by atoms with E-state index in [1.807, 2.05) is 60.7 Å². The minimum atomic E-state index is -1.02. The van der Waals surface area contributed by atoms with Gasteiger partial charge in [-0.05, 0) is 42.6 Å². The molecular formula is C26H30N2O. The minimum Gasteiger partial charge on any atom is -0.379 e. The van der Waals surface area contributed by atoms with Crippen molar-refractivity contribution in [3.63, 3.8) is 0 Å². The van der Waals surface area contributed by atoms with Crippen LogP contribution in [0.1, 0.15) is 29.5 Å². The van der Waals surface area contributed by atoms with Gasteiger partial charge in [0.1, 0.15) is 5.60 Å². The van der Waals surface area contributed by atoms with Gasteiger partial charge in [-0.25, -0.2) is 0 Å². The van der Waals surface area contributed by atoms with Crippen LogP contribution in [0.3, 0.4) is 0 Å². The van der Waals surface area contributed by atoms with E-state index in [2.05, 4.69) is 40.5 Å². The monoisotopic (exact) mass is 386 g/mol. The summed E-state index contributed by atoms with van der Waals surface area (Å²) in [6.45, 7) is 3.71. The second kappa shape index (κ2) is 9.36. The number of aliphatic hydroxyl groups is 1. The highest BCUT2D eigenvalue weighted by atomic mass is 16.3. The molecule has 3 aromatic carbocycles. The highest BCUT2D eigenvalue weighted by molar-refractivity contribution is 5.36. The Labute approximate surface area is 174 Å². The Hall–Kier alpha value is -2.46. The number of rotatable bonds is 7. The van der Waals surface area contributed by atoms with Crippen LogP contribution < -0.4 is 5.32 Å². The molecule has 4 rings (SSSR count). The highest BCUT2D eigenvalue weighted by Gasteiger charge is 2.32. The van der Waals surface area contributed by atoms with Crippen LogP contribution in [-0.4, -0.2) is 35.7 Å². The maximum absolute atomic E-state index is 11.7. The molecule has 0 aliphatic carbocycles. The molecule has 2 N–H and O–H groups in total. The van der Waals surface area contributed by atoms with Gasteiger partial charge in [-0.15, -0.1) is 0 Å². The first-order chi connectivity index (χ1) is 14.2. The maximum Gasteiger partial charge on any atom is 0.127 e. The van der Waals surface area contributed by atoms with Crippen molar-refractivity contribution < 1.29 is 5.11 Å². The van der Waals surface area contributed by atoms with Crippen LogP contribution in [0.15, 0.2) is 91.0 Å². The zero-order valence-electron chi connectivity index (χ0n) is 16.9. The van der Waals surface area contributed by atoms with E-state index in [1.54, 1.807) is 0 Å². The fourth-order valence-electron chi connectivity index (χ4n) is 4.23. The lowest BCUT2D eigenvalue weighted by molar-refractivity contribution is 0.0714. The van der Waals surface area contributed by atoms with Gasteiger partial charge < -0.3 is 10.4 Å². The molecule has 1 aliphatic heterocycles. The highest BCUT2D eigenvalue weighted by Crippen LogP contribution is 2.29. The fraction of sp³-hybridized carbons (Fsp3) is 0.308. The molecule has 3 heteroatoms. The third-order valence-electron chi connectivity index (χ3n) is 5.99. The first-order valence-electron chi connectivity index (χ1n) is 10.6. The Balaban J connectivity index is 1.38. The van der Waals surface area contributed by atoms with Crippen LogP contribution in [0.5, 0.6) is 0 Å². The van der Waals surface area contributed by atoms with Gasteiger partial charge in [-0.3, -0.25) is 4.90 Å². The van der Waals surface area contributed by atoms with Gasteiger partial charge in [-0.1, -0.05) is 91.0 Å². The smallest absolute Gasteiger partial charge is 0.127 e. The lowest BCUT2D eigenvalue weighted by atomic mass is 9.86. The standard InChI is InChI=1S/C26H30N2O/c29-26(23-12-6-2-7-13-23,24-14-8-3-9-15-24)21-27-25-16-18-28(19-17-25)20-22-10-4-1-5-11-22/h1-15,25,27,29H,16-21H2. The normalized spacial score (nSPS) is 16.0. The molecule has 0 spiro atoms. The van der Waals surface area contributed by atoms with E-state index in [1.165, 1.54) is 5.56 Å². The van der Waals surface area contributed by atoms with Gasteiger partial charge in [0.25, 0.3) is 0 Å². The molecule has 3 nitrogen and oxygen atoms in total. The number of benzene rings is 3. The molecule has 1 aliphatic rings. The Bertz CT molecular complexity index is 819. The summed E-state index contributed by atoms with van der Waals surface area (Å²) in [6.07, 6.45) is 2.21. The summed E-state index contributed by atoms with van der Waals surface area (Å²) >= 11 is 0. The number of hydrogen-bond donors (Lipinski definition) is 2. The van der Waals surface area contributed by atoms with Crippen molar-refractivity contribution in [2.24, 2.45) is 0 Å². The molecule has 1 heterocycles. The Morgan fingerprint density at radius 1 is 0.759 bits per heavy atom. The SMILES string of the molecule is OC(CNC1CCN(Cc2ccccc2)CC1)(c1ccccc1)c1ccccc1. The third-order valence-corrected chi connectivity index (χ3v) is 5.99. The van der Waals surface area contributed by atoms with Crippen molar-refractivity contribution in [3.05, 3.63) is 108 Å². The summed E-state index contributed by atoms with van der Waals surface area (Å²) in [4.78, 5) is 2.52. The van der Waals surface area contributed by atoms with Gasteiger partial charge in [0.2, 0.25) is 0 Å². The van der Waals surface area contributed by atoms with Crippen molar-refractivity contribution in [1.82, 2.24) is 10.2 Å². The molecule has 0 radical (unpaired) electrons. The number of piperidine rings is 1. The second-order valence-corrected chi connectivity index (χ2v) is 8.01. The average molecular weight is 387 g/mol. The quantitative estimate of drug-likeness (QED) is 0.640.